The summed E-state index contributed by atoms with van der Waals surface area (Å²) >= 11 is 0. The molecule has 0 fully saturated rings. The Morgan fingerprint density at radius 2 is 0.857 bits per heavy atom. The molecule has 222 valence electrons. The first-order valence-electron chi connectivity index (χ1n) is 12.1. The summed E-state index contributed by atoms with van der Waals surface area (Å²) in [5.41, 5.74) is 0.0864. The number of carbonyl (C=O) groups excluding carboxylic acids is 4. The highest BCUT2D eigenvalue weighted by Gasteiger charge is 2.29. The van der Waals surface area contributed by atoms with Gasteiger partial charge in [0, 0.05) is 11.1 Å². The quantitative estimate of drug-likeness (QED) is 0.201. The van der Waals surface area contributed by atoms with Gasteiger partial charge in [0.25, 0.3) is 11.8 Å². The number of halogens is 4. The van der Waals surface area contributed by atoms with Crippen molar-refractivity contribution in [1.29, 1.82) is 0 Å². The molecule has 3 rings (SSSR count). The highest BCUT2D eigenvalue weighted by atomic mass is 19.2. The van der Waals surface area contributed by atoms with E-state index < -0.39 is 70.6 Å². The van der Waals surface area contributed by atoms with Gasteiger partial charge in [-0.25, -0.2) is 9.59 Å². The fourth-order valence-electron chi connectivity index (χ4n) is 3.39. The zero-order valence-corrected chi connectivity index (χ0v) is 22.6. The fourth-order valence-corrected chi connectivity index (χ4v) is 3.39. The fraction of sp³-hybridized carbons (Fsp3) is 0.214. The molecule has 3 aromatic carbocycles. The Balaban J connectivity index is 1.75. The number of nitrogens with one attached hydrogen (secondary N) is 2. The van der Waals surface area contributed by atoms with Crippen LogP contribution >= 0.6 is 0 Å². The number of esters is 2. The van der Waals surface area contributed by atoms with E-state index in [2.05, 4.69) is 20.1 Å². The van der Waals surface area contributed by atoms with E-state index >= 15 is 0 Å². The zero-order valence-electron chi connectivity index (χ0n) is 22.6. The molecular formula is C28H24F4N2O8. The summed E-state index contributed by atoms with van der Waals surface area (Å²) in [6.45, 7) is 2.79. The van der Waals surface area contributed by atoms with Crippen LogP contribution in [0.2, 0.25) is 0 Å². The Morgan fingerprint density at radius 3 is 1.12 bits per heavy atom. The summed E-state index contributed by atoms with van der Waals surface area (Å²) in [6.07, 6.45) is 0. The normalized spacial score (nSPS) is 12.0. The molecule has 0 spiro atoms. The highest BCUT2D eigenvalue weighted by molar-refractivity contribution is 5.97. The maximum atomic E-state index is 14.8. The van der Waals surface area contributed by atoms with Gasteiger partial charge in [-0.05, 0) is 62.4 Å². The number of carbonyl (C=O) groups is 4. The first-order chi connectivity index (χ1) is 19.9. The number of rotatable bonds is 10. The van der Waals surface area contributed by atoms with Crippen LogP contribution in [0.3, 0.4) is 0 Å². The van der Waals surface area contributed by atoms with Crippen molar-refractivity contribution in [1.82, 2.24) is 10.6 Å². The van der Waals surface area contributed by atoms with Crippen LogP contribution in [0.25, 0.3) is 0 Å². The molecule has 0 bridgehead atoms. The molecule has 2 atom stereocenters. The van der Waals surface area contributed by atoms with Crippen molar-refractivity contribution >= 4 is 23.8 Å². The molecule has 42 heavy (non-hydrogen) atoms. The van der Waals surface area contributed by atoms with Crippen molar-refractivity contribution in [3.63, 3.8) is 0 Å². The summed E-state index contributed by atoms with van der Waals surface area (Å²) in [5.74, 6) is -13.6. The van der Waals surface area contributed by atoms with E-state index in [0.29, 0.717) is 0 Å². The first kappa shape index (κ1) is 31.4. The molecule has 0 aliphatic carbocycles. The van der Waals surface area contributed by atoms with Crippen LogP contribution in [0.4, 0.5) is 17.6 Å². The van der Waals surface area contributed by atoms with Gasteiger partial charge in [0.05, 0.1) is 14.2 Å². The molecule has 14 heteroatoms. The third-order valence-corrected chi connectivity index (χ3v) is 5.66. The summed E-state index contributed by atoms with van der Waals surface area (Å²) in [5, 5.41) is 4.75. The Hall–Kier alpha value is -5.14. The van der Waals surface area contributed by atoms with E-state index in [9.17, 15) is 36.7 Å². The van der Waals surface area contributed by atoms with Gasteiger partial charge in [0.2, 0.25) is 34.8 Å². The summed E-state index contributed by atoms with van der Waals surface area (Å²) in [7, 11) is 2.30. The number of amides is 2. The molecule has 0 saturated carbocycles. The lowest BCUT2D eigenvalue weighted by Crippen LogP contribution is -2.39. The van der Waals surface area contributed by atoms with E-state index in [1.165, 1.54) is 38.1 Å². The Morgan fingerprint density at radius 1 is 0.571 bits per heavy atom. The van der Waals surface area contributed by atoms with Gasteiger partial charge in [-0.15, -0.1) is 0 Å². The molecule has 0 heterocycles. The van der Waals surface area contributed by atoms with Gasteiger partial charge in [0.1, 0.15) is 23.6 Å². The molecule has 2 amide bonds. The smallest absolute Gasteiger partial charge is 0.328 e. The second kappa shape index (κ2) is 13.5. The van der Waals surface area contributed by atoms with E-state index in [-0.39, 0.29) is 22.6 Å². The van der Waals surface area contributed by atoms with Crippen LogP contribution < -0.4 is 20.1 Å². The third-order valence-electron chi connectivity index (χ3n) is 5.66. The van der Waals surface area contributed by atoms with Crippen LogP contribution in [0.1, 0.15) is 34.6 Å². The minimum absolute atomic E-state index is 0.0432. The largest absolute Gasteiger partial charge is 0.467 e. The van der Waals surface area contributed by atoms with Crippen molar-refractivity contribution in [3.8, 4) is 23.0 Å². The number of hydrogen-bond acceptors (Lipinski definition) is 8. The average Bonchev–Trinajstić information content (AvgIpc) is 2.99. The Labute approximate surface area is 236 Å². The van der Waals surface area contributed by atoms with Crippen molar-refractivity contribution in [2.45, 2.75) is 25.9 Å². The minimum atomic E-state index is -1.90. The number of methoxy groups -OCH3 is 2. The zero-order chi connectivity index (χ0) is 31.1. The molecule has 0 aliphatic rings. The molecule has 0 aromatic heterocycles. The van der Waals surface area contributed by atoms with Gasteiger partial charge in [-0.3, -0.25) is 9.59 Å². The van der Waals surface area contributed by atoms with Gasteiger partial charge in [-0.1, -0.05) is 0 Å². The third kappa shape index (κ3) is 7.13. The molecule has 3 aromatic rings. The maximum Gasteiger partial charge on any atom is 0.328 e. The average molecular weight is 592 g/mol. The number of hydrogen-bond donors (Lipinski definition) is 2. The SMILES string of the molecule is COC(=O)C(C)NC(=O)c1ccc(Oc2c(F)c(F)c(Oc3ccc(C(=O)NC(C)C(=O)OC)cc3)c(F)c2F)cc1. The van der Waals surface area contributed by atoms with Crippen molar-refractivity contribution in [2.24, 2.45) is 0 Å². The second-order valence-corrected chi connectivity index (χ2v) is 8.60. The minimum Gasteiger partial charge on any atom is -0.467 e. The molecule has 2 N–H and O–H groups in total. The standard InChI is InChI=1S/C28H24F4N2O8/c1-13(27(37)39-3)33-25(35)15-5-9-17(10-6-15)41-23-19(29)21(31)24(22(32)20(23)30)42-18-11-7-16(8-12-18)26(36)34-14(2)28(38)40-4/h5-14H,1-4H3,(H,33,35)(H,34,36). The highest BCUT2D eigenvalue weighted by Crippen LogP contribution is 2.38. The molecule has 0 radical (unpaired) electrons. The lowest BCUT2D eigenvalue weighted by atomic mass is 10.2. The van der Waals surface area contributed by atoms with E-state index in [0.717, 1.165) is 38.5 Å². The van der Waals surface area contributed by atoms with E-state index in [1.807, 2.05) is 0 Å². The van der Waals surface area contributed by atoms with Crippen LogP contribution in [0.5, 0.6) is 23.0 Å². The molecule has 10 nitrogen and oxygen atoms in total. The number of benzene rings is 3. The predicted octanol–water partition coefficient (Wildman–Crippen LogP) is 4.41. The van der Waals surface area contributed by atoms with Crippen molar-refractivity contribution in [2.75, 3.05) is 14.2 Å². The molecule has 2 unspecified atom stereocenters. The van der Waals surface area contributed by atoms with Crippen LogP contribution in [0.15, 0.2) is 48.5 Å². The molecule has 0 aliphatic heterocycles. The summed E-state index contributed by atoms with van der Waals surface area (Å²) in [6, 6.07) is 7.30. The lowest BCUT2D eigenvalue weighted by molar-refractivity contribution is -0.143. The monoisotopic (exact) mass is 592 g/mol. The molecule has 0 saturated heterocycles. The van der Waals surface area contributed by atoms with Crippen LogP contribution in [0, 0.1) is 23.3 Å². The topological polar surface area (TPSA) is 129 Å². The Kier molecular flexibility index (Phi) is 10.1. The lowest BCUT2D eigenvalue weighted by Gasteiger charge is -2.14. The predicted molar refractivity (Wildman–Crippen MR) is 137 cm³/mol. The van der Waals surface area contributed by atoms with E-state index in [4.69, 9.17) is 9.47 Å². The first-order valence-corrected chi connectivity index (χ1v) is 12.1. The van der Waals surface area contributed by atoms with Gasteiger partial charge >= 0.3 is 11.9 Å². The maximum absolute atomic E-state index is 14.8. The van der Waals surface area contributed by atoms with E-state index in [1.54, 1.807) is 0 Å². The van der Waals surface area contributed by atoms with Crippen LogP contribution in [-0.2, 0) is 19.1 Å². The Bertz CT molecular complexity index is 1360. The van der Waals surface area contributed by atoms with Gasteiger partial charge < -0.3 is 29.6 Å². The van der Waals surface area contributed by atoms with Gasteiger partial charge in [0.15, 0.2) is 0 Å². The van der Waals surface area contributed by atoms with Crippen molar-refractivity contribution in [3.05, 3.63) is 82.9 Å². The van der Waals surface area contributed by atoms with Crippen LogP contribution in [-0.4, -0.2) is 50.1 Å². The van der Waals surface area contributed by atoms with Gasteiger partial charge in [-0.2, -0.15) is 17.6 Å². The summed E-state index contributed by atoms with van der Waals surface area (Å²) in [4.78, 5) is 47.4. The summed E-state index contributed by atoms with van der Waals surface area (Å²) < 4.78 is 78.0. The molecular weight excluding hydrogens is 568 g/mol. The second-order valence-electron chi connectivity index (χ2n) is 8.60. The van der Waals surface area contributed by atoms with Crippen molar-refractivity contribution < 1.29 is 55.7 Å². The number of ether oxygens (including phenoxy) is 4.